The van der Waals surface area contributed by atoms with E-state index in [1.165, 1.54) is 0 Å². The molecule has 0 bridgehead atoms. The van der Waals surface area contributed by atoms with Gasteiger partial charge in [-0.2, -0.15) is 0 Å². The first-order valence-corrected chi connectivity index (χ1v) is 5.33. The topological polar surface area (TPSA) is 33.1 Å². The molecular weight excluding hydrogens is 242 g/mol. The molecule has 0 saturated heterocycles. The molecule has 0 amide bonds. The molecule has 0 radical (unpaired) electrons. The second kappa shape index (κ2) is 5.27. The Bertz CT molecular complexity index is 308. The summed E-state index contributed by atoms with van der Waals surface area (Å²) in [6.45, 7) is 5.76. The first-order chi connectivity index (χ1) is 6.59. The fraction of sp³-hybridized carbons (Fsp3) is 0.364. The van der Waals surface area contributed by atoms with E-state index in [1.54, 1.807) is 6.20 Å². The van der Waals surface area contributed by atoms with E-state index < -0.39 is 6.10 Å². The third kappa shape index (κ3) is 3.60. The molecule has 14 heavy (non-hydrogen) atoms. The van der Waals surface area contributed by atoms with Crippen molar-refractivity contribution in [2.75, 3.05) is 0 Å². The van der Waals surface area contributed by atoms with Gasteiger partial charge in [-0.1, -0.05) is 5.57 Å². The largest absolute Gasteiger partial charge is 0.387 e. The van der Waals surface area contributed by atoms with Crippen molar-refractivity contribution in [1.29, 1.82) is 0 Å². The molecular formula is C11H14BrNO. The molecule has 1 aromatic rings. The summed E-state index contributed by atoms with van der Waals surface area (Å²) in [4.78, 5) is 4.13. The van der Waals surface area contributed by atoms with Crippen LogP contribution in [0.5, 0.6) is 0 Å². The van der Waals surface area contributed by atoms with Crippen LogP contribution in [-0.4, -0.2) is 10.1 Å². The van der Waals surface area contributed by atoms with Crippen LogP contribution < -0.4 is 0 Å². The SMILES string of the molecule is C=C(C)CCC(O)c1ccc(Br)cn1. The number of nitrogens with zero attached hydrogens (tertiary/aromatic N) is 1. The Balaban J connectivity index is 2.56. The Labute approximate surface area is 92.8 Å². The van der Waals surface area contributed by atoms with Crippen molar-refractivity contribution < 1.29 is 5.11 Å². The Morgan fingerprint density at radius 3 is 2.86 bits per heavy atom. The van der Waals surface area contributed by atoms with Crippen molar-refractivity contribution in [3.8, 4) is 0 Å². The number of hydrogen-bond donors (Lipinski definition) is 1. The molecule has 0 aromatic carbocycles. The van der Waals surface area contributed by atoms with E-state index in [1.807, 2.05) is 19.1 Å². The average Bonchev–Trinajstić information content (AvgIpc) is 2.15. The number of aromatic nitrogens is 1. The van der Waals surface area contributed by atoms with Gasteiger partial charge in [0.1, 0.15) is 0 Å². The smallest absolute Gasteiger partial charge is 0.0962 e. The van der Waals surface area contributed by atoms with E-state index >= 15 is 0 Å². The number of aliphatic hydroxyl groups is 1. The summed E-state index contributed by atoms with van der Waals surface area (Å²) in [5, 5.41) is 9.74. The fourth-order valence-electron chi connectivity index (χ4n) is 1.12. The van der Waals surface area contributed by atoms with Crippen LogP contribution in [0.25, 0.3) is 0 Å². The van der Waals surface area contributed by atoms with Gasteiger partial charge in [-0.25, -0.2) is 0 Å². The quantitative estimate of drug-likeness (QED) is 0.839. The van der Waals surface area contributed by atoms with Gasteiger partial charge < -0.3 is 5.11 Å². The van der Waals surface area contributed by atoms with E-state index in [-0.39, 0.29) is 0 Å². The predicted molar refractivity (Wildman–Crippen MR) is 60.9 cm³/mol. The van der Waals surface area contributed by atoms with Crippen molar-refractivity contribution in [3.05, 3.63) is 40.6 Å². The molecule has 0 aliphatic carbocycles. The molecule has 1 aromatic heterocycles. The van der Waals surface area contributed by atoms with Gasteiger partial charge in [0, 0.05) is 10.7 Å². The van der Waals surface area contributed by atoms with Crippen LogP contribution in [0.2, 0.25) is 0 Å². The normalized spacial score (nSPS) is 12.5. The number of allylic oxidation sites excluding steroid dienone is 1. The van der Waals surface area contributed by atoms with Crippen LogP contribution in [0.15, 0.2) is 35.0 Å². The van der Waals surface area contributed by atoms with Gasteiger partial charge in [-0.3, -0.25) is 4.98 Å². The van der Waals surface area contributed by atoms with Crippen LogP contribution in [0, 0.1) is 0 Å². The molecule has 76 valence electrons. The zero-order valence-electron chi connectivity index (χ0n) is 8.20. The number of rotatable bonds is 4. The predicted octanol–water partition coefficient (Wildman–Crippen LogP) is 3.23. The highest BCUT2D eigenvalue weighted by atomic mass is 79.9. The molecule has 0 spiro atoms. The van der Waals surface area contributed by atoms with Crippen molar-refractivity contribution in [2.45, 2.75) is 25.9 Å². The summed E-state index contributed by atoms with van der Waals surface area (Å²) in [7, 11) is 0. The Morgan fingerprint density at radius 1 is 1.64 bits per heavy atom. The summed E-state index contributed by atoms with van der Waals surface area (Å²) in [6.07, 6.45) is 2.72. The highest BCUT2D eigenvalue weighted by molar-refractivity contribution is 9.10. The van der Waals surface area contributed by atoms with Crippen LogP contribution in [-0.2, 0) is 0 Å². The molecule has 0 fully saturated rings. The molecule has 1 unspecified atom stereocenters. The minimum Gasteiger partial charge on any atom is -0.387 e. The van der Waals surface area contributed by atoms with Crippen LogP contribution in [0.3, 0.4) is 0 Å². The number of hydrogen-bond acceptors (Lipinski definition) is 2. The maximum atomic E-state index is 9.74. The lowest BCUT2D eigenvalue weighted by Crippen LogP contribution is -2.00. The van der Waals surface area contributed by atoms with Crippen molar-refractivity contribution in [3.63, 3.8) is 0 Å². The zero-order valence-corrected chi connectivity index (χ0v) is 9.79. The maximum Gasteiger partial charge on any atom is 0.0962 e. The van der Waals surface area contributed by atoms with E-state index in [0.29, 0.717) is 6.42 Å². The number of halogens is 1. The van der Waals surface area contributed by atoms with E-state index in [4.69, 9.17) is 0 Å². The van der Waals surface area contributed by atoms with Crippen molar-refractivity contribution in [1.82, 2.24) is 4.98 Å². The monoisotopic (exact) mass is 255 g/mol. The van der Waals surface area contributed by atoms with Crippen LogP contribution in [0.4, 0.5) is 0 Å². The summed E-state index contributed by atoms with van der Waals surface area (Å²) in [6, 6.07) is 3.71. The number of pyridine rings is 1. The van der Waals surface area contributed by atoms with Crippen molar-refractivity contribution >= 4 is 15.9 Å². The minimum absolute atomic E-state index is 0.486. The van der Waals surface area contributed by atoms with Gasteiger partial charge in [0.25, 0.3) is 0 Å². The summed E-state index contributed by atoms with van der Waals surface area (Å²) < 4.78 is 0.924. The summed E-state index contributed by atoms with van der Waals surface area (Å²) in [5.74, 6) is 0. The average molecular weight is 256 g/mol. The van der Waals surface area contributed by atoms with Gasteiger partial charge in [0.05, 0.1) is 11.8 Å². The first-order valence-electron chi connectivity index (χ1n) is 4.53. The third-order valence-electron chi connectivity index (χ3n) is 1.94. The first kappa shape index (κ1) is 11.4. The summed E-state index contributed by atoms with van der Waals surface area (Å²) in [5.41, 5.74) is 1.80. The molecule has 1 heterocycles. The molecule has 0 saturated carbocycles. The highest BCUT2D eigenvalue weighted by Gasteiger charge is 2.07. The lowest BCUT2D eigenvalue weighted by Gasteiger charge is -2.09. The van der Waals surface area contributed by atoms with Gasteiger partial charge in [-0.15, -0.1) is 6.58 Å². The fourth-order valence-corrected chi connectivity index (χ4v) is 1.35. The summed E-state index contributed by atoms with van der Waals surface area (Å²) >= 11 is 3.30. The Hall–Kier alpha value is -0.670. The molecule has 1 N–H and O–H groups in total. The molecule has 0 aliphatic rings. The molecule has 1 atom stereocenters. The second-order valence-electron chi connectivity index (χ2n) is 3.41. The standard InChI is InChI=1S/C11H14BrNO/c1-8(2)3-6-11(14)10-5-4-9(12)7-13-10/h4-5,7,11,14H,1,3,6H2,2H3. The number of aliphatic hydroxyl groups excluding tert-OH is 1. The minimum atomic E-state index is -0.486. The lowest BCUT2D eigenvalue weighted by atomic mass is 10.1. The maximum absolute atomic E-state index is 9.74. The van der Waals surface area contributed by atoms with Gasteiger partial charge in [-0.05, 0) is 47.8 Å². The Morgan fingerprint density at radius 2 is 2.36 bits per heavy atom. The van der Waals surface area contributed by atoms with E-state index in [0.717, 1.165) is 22.2 Å². The Kier molecular flexibility index (Phi) is 4.29. The van der Waals surface area contributed by atoms with Crippen LogP contribution >= 0.6 is 15.9 Å². The lowest BCUT2D eigenvalue weighted by molar-refractivity contribution is 0.163. The van der Waals surface area contributed by atoms with Crippen LogP contribution in [0.1, 0.15) is 31.6 Å². The van der Waals surface area contributed by atoms with E-state index in [2.05, 4.69) is 27.5 Å². The molecule has 2 nitrogen and oxygen atoms in total. The van der Waals surface area contributed by atoms with E-state index in [9.17, 15) is 5.11 Å². The van der Waals surface area contributed by atoms with Gasteiger partial charge in [0.15, 0.2) is 0 Å². The highest BCUT2D eigenvalue weighted by Crippen LogP contribution is 2.19. The molecule has 3 heteroatoms. The van der Waals surface area contributed by atoms with Gasteiger partial charge in [0.2, 0.25) is 0 Å². The second-order valence-corrected chi connectivity index (χ2v) is 4.33. The third-order valence-corrected chi connectivity index (χ3v) is 2.41. The molecule has 0 aliphatic heterocycles. The van der Waals surface area contributed by atoms with Gasteiger partial charge >= 0.3 is 0 Å². The van der Waals surface area contributed by atoms with Crippen molar-refractivity contribution in [2.24, 2.45) is 0 Å². The molecule has 1 rings (SSSR count). The zero-order chi connectivity index (χ0) is 10.6.